The lowest BCUT2D eigenvalue weighted by Gasteiger charge is -2.35. The summed E-state index contributed by atoms with van der Waals surface area (Å²) in [7, 11) is 0. The monoisotopic (exact) mass is 245 g/mol. The fourth-order valence-corrected chi connectivity index (χ4v) is 2.76. The topological polar surface area (TPSA) is 40.5 Å². The first-order chi connectivity index (χ1) is 8.65. The summed E-state index contributed by atoms with van der Waals surface area (Å²) < 4.78 is 0. The van der Waals surface area contributed by atoms with Crippen LogP contribution in [0.25, 0.3) is 0 Å². The van der Waals surface area contributed by atoms with Gasteiger partial charge in [0.2, 0.25) is 0 Å². The lowest BCUT2D eigenvalue weighted by Crippen LogP contribution is -2.48. The molecule has 18 heavy (non-hydrogen) atoms. The second-order valence-corrected chi connectivity index (χ2v) is 4.85. The lowest BCUT2D eigenvalue weighted by molar-refractivity contribution is -0.142. The number of amides is 1. The molecule has 96 valence electrons. The van der Waals surface area contributed by atoms with Gasteiger partial charge in [-0.1, -0.05) is 31.4 Å². The molecule has 0 radical (unpaired) electrons. The number of hydrogen-bond acceptors (Lipinski definition) is 2. The average Bonchev–Trinajstić information content (AvgIpc) is 2.60. The number of hydrogen-bond donors (Lipinski definition) is 1. The third kappa shape index (κ3) is 1.87. The van der Waals surface area contributed by atoms with Crippen molar-refractivity contribution in [2.75, 3.05) is 6.54 Å². The summed E-state index contributed by atoms with van der Waals surface area (Å²) >= 11 is 0. The quantitative estimate of drug-likeness (QED) is 0.769. The van der Waals surface area contributed by atoms with Crippen molar-refractivity contribution in [1.82, 2.24) is 4.90 Å². The van der Waals surface area contributed by atoms with Gasteiger partial charge >= 0.3 is 0 Å². The van der Waals surface area contributed by atoms with E-state index in [-0.39, 0.29) is 12.5 Å². The molecule has 0 saturated heterocycles. The smallest absolute Gasteiger partial charge is 0.257 e. The molecule has 1 N–H and O–H groups in total. The van der Waals surface area contributed by atoms with Gasteiger partial charge in [0.05, 0.1) is 6.54 Å². The van der Waals surface area contributed by atoms with E-state index in [0.717, 1.165) is 31.3 Å². The Morgan fingerprint density at radius 2 is 2.39 bits per heavy atom. The van der Waals surface area contributed by atoms with Crippen LogP contribution in [-0.4, -0.2) is 28.2 Å². The van der Waals surface area contributed by atoms with Crippen LogP contribution in [0.1, 0.15) is 39.0 Å². The van der Waals surface area contributed by atoms with Gasteiger partial charge in [-0.3, -0.25) is 9.69 Å². The van der Waals surface area contributed by atoms with Gasteiger partial charge in [-0.15, -0.1) is 6.42 Å². The Hall–Kier alpha value is -1.53. The van der Waals surface area contributed by atoms with Crippen molar-refractivity contribution in [1.29, 1.82) is 0 Å². The first-order valence-electron chi connectivity index (χ1n) is 6.53. The van der Waals surface area contributed by atoms with Gasteiger partial charge in [0.1, 0.15) is 0 Å². The van der Waals surface area contributed by atoms with Crippen molar-refractivity contribution in [3.63, 3.8) is 0 Å². The zero-order chi connectivity index (χ0) is 13.2. The zero-order valence-corrected chi connectivity index (χ0v) is 10.8. The maximum atomic E-state index is 12.3. The van der Waals surface area contributed by atoms with Gasteiger partial charge in [0.25, 0.3) is 5.91 Å². The molecule has 0 spiro atoms. The second-order valence-electron chi connectivity index (χ2n) is 4.85. The summed E-state index contributed by atoms with van der Waals surface area (Å²) in [6.07, 6.45) is 13.2. The molecule has 1 aliphatic carbocycles. The van der Waals surface area contributed by atoms with Crippen LogP contribution in [-0.2, 0) is 4.79 Å². The molecular weight excluding hydrogens is 226 g/mol. The number of rotatable bonds is 4. The number of carbonyl (C=O) groups excluding carboxylic acids is 1. The molecule has 3 nitrogen and oxygen atoms in total. The molecule has 3 heteroatoms. The second kappa shape index (κ2) is 4.99. The molecule has 0 saturated carbocycles. The summed E-state index contributed by atoms with van der Waals surface area (Å²) in [4.78, 5) is 13.7. The molecule has 1 amide bonds. The van der Waals surface area contributed by atoms with Crippen LogP contribution in [0, 0.1) is 12.3 Å². The molecule has 1 heterocycles. The maximum Gasteiger partial charge on any atom is 0.257 e. The summed E-state index contributed by atoms with van der Waals surface area (Å²) in [5.41, 5.74) is 0.355. The van der Waals surface area contributed by atoms with Gasteiger partial charge in [0.15, 0.2) is 5.72 Å². The van der Waals surface area contributed by atoms with E-state index in [2.05, 4.69) is 12.8 Å². The molecule has 2 aliphatic rings. The van der Waals surface area contributed by atoms with Crippen LogP contribution in [0.15, 0.2) is 23.3 Å². The minimum atomic E-state index is -1.15. The molecule has 0 fully saturated rings. The summed E-state index contributed by atoms with van der Waals surface area (Å²) in [5, 5.41) is 10.9. The van der Waals surface area contributed by atoms with Crippen molar-refractivity contribution >= 4 is 5.91 Å². The first kappa shape index (κ1) is 12.9. The SMILES string of the molecule is C#CCN1C(=O)C2=C(CCC=C2)C1(O)CCCC. The Bertz CT molecular complexity index is 456. The molecular formula is C15H19NO2. The fourth-order valence-electron chi connectivity index (χ4n) is 2.76. The highest BCUT2D eigenvalue weighted by molar-refractivity contribution is 6.01. The van der Waals surface area contributed by atoms with Gasteiger partial charge in [0, 0.05) is 5.57 Å². The average molecular weight is 245 g/mol. The molecule has 1 aliphatic heterocycles. The van der Waals surface area contributed by atoms with E-state index in [0.29, 0.717) is 12.0 Å². The molecule has 0 bridgehead atoms. The molecule has 1 unspecified atom stereocenters. The van der Waals surface area contributed by atoms with Crippen molar-refractivity contribution in [2.24, 2.45) is 0 Å². The van der Waals surface area contributed by atoms with Crippen LogP contribution in [0.3, 0.4) is 0 Å². The summed E-state index contributed by atoms with van der Waals surface area (Å²) in [5.74, 6) is 2.35. The van der Waals surface area contributed by atoms with Crippen LogP contribution in [0.2, 0.25) is 0 Å². The molecule has 2 rings (SSSR count). The number of allylic oxidation sites excluding steroid dienone is 1. The Kier molecular flexibility index (Phi) is 3.58. The van der Waals surface area contributed by atoms with E-state index >= 15 is 0 Å². The van der Waals surface area contributed by atoms with Crippen molar-refractivity contribution in [3.05, 3.63) is 23.3 Å². The van der Waals surface area contributed by atoms with E-state index < -0.39 is 5.72 Å². The Labute approximate surface area is 108 Å². The highest BCUT2D eigenvalue weighted by atomic mass is 16.3. The largest absolute Gasteiger partial charge is 0.367 e. The maximum absolute atomic E-state index is 12.3. The Balaban J connectivity index is 2.37. The van der Waals surface area contributed by atoms with Gasteiger partial charge in [-0.25, -0.2) is 0 Å². The van der Waals surface area contributed by atoms with E-state index in [4.69, 9.17) is 6.42 Å². The van der Waals surface area contributed by atoms with Crippen LogP contribution < -0.4 is 0 Å². The number of aliphatic hydroxyl groups is 1. The normalized spacial score (nSPS) is 26.5. The molecule has 1 atom stereocenters. The van der Waals surface area contributed by atoms with E-state index in [1.165, 1.54) is 4.90 Å². The number of terminal acetylenes is 1. The zero-order valence-electron chi connectivity index (χ0n) is 10.8. The van der Waals surface area contributed by atoms with Gasteiger partial charge in [-0.2, -0.15) is 0 Å². The standard InChI is InChI=1S/C15H19NO2/c1-3-5-10-15(18)13-9-7-6-8-12(13)14(17)16(15)11-4-2/h2,6,8,18H,3,5,7,9-11H2,1H3. The van der Waals surface area contributed by atoms with Crippen LogP contribution >= 0.6 is 0 Å². The third-order valence-corrected chi connectivity index (χ3v) is 3.70. The Morgan fingerprint density at radius 3 is 3.06 bits per heavy atom. The van der Waals surface area contributed by atoms with E-state index in [1.54, 1.807) is 0 Å². The predicted molar refractivity (Wildman–Crippen MR) is 70.4 cm³/mol. The highest BCUT2D eigenvalue weighted by Gasteiger charge is 2.48. The van der Waals surface area contributed by atoms with Crippen LogP contribution in [0.5, 0.6) is 0 Å². The Morgan fingerprint density at radius 1 is 1.61 bits per heavy atom. The fraction of sp³-hybridized carbons (Fsp3) is 0.533. The minimum Gasteiger partial charge on any atom is -0.367 e. The number of carbonyl (C=O) groups is 1. The van der Waals surface area contributed by atoms with E-state index in [9.17, 15) is 9.90 Å². The predicted octanol–water partition coefficient (Wildman–Crippen LogP) is 1.99. The third-order valence-electron chi connectivity index (χ3n) is 3.70. The highest BCUT2D eigenvalue weighted by Crippen LogP contribution is 2.41. The first-order valence-corrected chi connectivity index (χ1v) is 6.53. The van der Waals surface area contributed by atoms with Gasteiger partial charge in [-0.05, 0) is 31.3 Å². The molecule has 0 aromatic carbocycles. The minimum absolute atomic E-state index is 0.127. The number of unbranched alkanes of at least 4 members (excludes halogenated alkanes) is 1. The summed E-state index contributed by atoms with van der Waals surface area (Å²) in [6.45, 7) is 2.24. The van der Waals surface area contributed by atoms with Crippen molar-refractivity contribution in [3.8, 4) is 12.3 Å². The van der Waals surface area contributed by atoms with Crippen LogP contribution in [0.4, 0.5) is 0 Å². The van der Waals surface area contributed by atoms with Crippen molar-refractivity contribution in [2.45, 2.75) is 44.8 Å². The molecule has 0 aromatic rings. The molecule has 0 aromatic heterocycles. The number of nitrogens with zero attached hydrogens (tertiary/aromatic N) is 1. The van der Waals surface area contributed by atoms with E-state index in [1.807, 2.05) is 12.2 Å². The van der Waals surface area contributed by atoms with Gasteiger partial charge < -0.3 is 5.11 Å². The lowest BCUT2D eigenvalue weighted by atomic mass is 9.89. The van der Waals surface area contributed by atoms with Crippen molar-refractivity contribution < 1.29 is 9.90 Å². The summed E-state index contributed by atoms with van der Waals surface area (Å²) in [6, 6.07) is 0.